The minimum absolute atomic E-state index is 0.605. The molecule has 0 saturated carbocycles. The van der Waals surface area contributed by atoms with Crippen molar-refractivity contribution in [2.75, 3.05) is 0 Å². The first-order chi connectivity index (χ1) is 11.4. The van der Waals surface area contributed by atoms with Crippen molar-refractivity contribution >= 4 is 27.1 Å². The van der Waals surface area contributed by atoms with E-state index < -0.39 is 0 Å². The first-order valence-electron chi connectivity index (χ1n) is 7.16. The fraction of sp³-hybridized carbons (Fsp3) is 0.0588. The van der Waals surface area contributed by atoms with E-state index in [1.807, 2.05) is 60.7 Å². The molecule has 0 radical (unpaired) electrons. The third-order valence-electron chi connectivity index (χ3n) is 3.52. The maximum atomic E-state index is 4.68. The fourth-order valence-electron chi connectivity index (χ4n) is 2.42. The average Bonchev–Trinajstić information content (AvgIpc) is 3.01. The Labute approximate surface area is 141 Å². The van der Waals surface area contributed by atoms with Gasteiger partial charge in [-0.25, -0.2) is 9.67 Å². The third kappa shape index (κ3) is 2.51. The minimum Gasteiger partial charge on any atom is -0.221 e. The number of nitrogens with zero attached hydrogens (tertiary/aromatic N) is 5. The summed E-state index contributed by atoms with van der Waals surface area (Å²) in [7, 11) is 0. The van der Waals surface area contributed by atoms with Crippen LogP contribution in [0.25, 0.3) is 28.2 Å². The Balaban J connectivity index is 1.93. The molecular formula is C17H12BrN5. The quantitative estimate of drug-likeness (QED) is 0.518. The number of halogens is 1. The van der Waals surface area contributed by atoms with E-state index in [9.17, 15) is 0 Å². The summed E-state index contributed by atoms with van der Waals surface area (Å²) in [5, 5.41) is 13.9. The summed E-state index contributed by atoms with van der Waals surface area (Å²) >= 11 is 3.48. The van der Waals surface area contributed by atoms with Gasteiger partial charge in [-0.3, -0.25) is 0 Å². The van der Waals surface area contributed by atoms with Crippen molar-refractivity contribution in [3.63, 3.8) is 0 Å². The van der Waals surface area contributed by atoms with Gasteiger partial charge in [0.25, 0.3) is 0 Å². The van der Waals surface area contributed by atoms with Gasteiger partial charge in [-0.05, 0) is 12.1 Å². The molecule has 5 nitrogen and oxygen atoms in total. The van der Waals surface area contributed by atoms with Gasteiger partial charge in [0, 0.05) is 10.9 Å². The molecule has 0 saturated heterocycles. The largest absolute Gasteiger partial charge is 0.221 e. The SMILES string of the molecule is BrCc1nn(-c2ccccc2)c2nnc(-c3ccccc3)nc12. The van der Waals surface area contributed by atoms with Crippen LogP contribution in [0.4, 0.5) is 0 Å². The lowest BCUT2D eigenvalue weighted by molar-refractivity contribution is 0.862. The van der Waals surface area contributed by atoms with Crippen LogP contribution in [0.5, 0.6) is 0 Å². The fourth-order valence-corrected chi connectivity index (χ4v) is 2.80. The summed E-state index contributed by atoms with van der Waals surface area (Å²) in [6.45, 7) is 0. The summed E-state index contributed by atoms with van der Waals surface area (Å²) in [6.07, 6.45) is 0. The second kappa shape index (κ2) is 5.89. The Bertz CT molecular complexity index is 951. The van der Waals surface area contributed by atoms with E-state index in [0.29, 0.717) is 16.8 Å². The first-order valence-corrected chi connectivity index (χ1v) is 8.28. The zero-order chi connectivity index (χ0) is 15.6. The molecule has 0 atom stereocenters. The van der Waals surface area contributed by atoms with E-state index in [0.717, 1.165) is 22.5 Å². The van der Waals surface area contributed by atoms with E-state index in [4.69, 9.17) is 0 Å². The number of benzene rings is 2. The zero-order valence-corrected chi connectivity index (χ0v) is 13.7. The molecule has 2 heterocycles. The van der Waals surface area contributed by atoms with Crippen LogP contribution in [0.3, 0.4) is 0 Å². The maximum absolute atomic E-state index is 4.68. The Morgan fingerprint density at radius 1 is 0.870 bits per heavy atom. The Hall–Kier alpha value is -2.60. The van der Waals surface area contributed by atoms with Crippen molar-refractivity contribution in [2.45, 2.75) is 5.33 Å². The van der Waals surface area contributed by atoms with Crippen molar-refractivity contribution in [3.05, 3.63) is 66.4 Å². The van der Waals surface area contributed by atoms with Gasteiger partial charge in [-0.1, -0.05) is 64.5 Å². The van der Waals surface area contributed by atoms with Crippen LogP contribution >= 0.6 is 15.9 Å². The molecule has 2 aromatic carbocycles. The highest BCUT2D eigenvalue weighted by Gasteiger charge is 2.16. The van der Waals surface area contributed by atoms with Gasteiger partial charge in [0.05, 0.1) is 5.69 Å². The van der Waals surface area contributed by atoms with Gasteiger partial charge in [-0.15, -0.1) is 10.2 Å². The third-order valence-corrected chi connectivity index (χ3v) is 4.05. The van der Waals surface area contributed by atoms with Crippen molar-refractivity contribution in [3.8, 4) is 17.1 Å². The van der Waals surface area contributed by atoms with E-state index >= 15 is 0 Å². The minimum atomic E-state index is 0.605. The second-order valence-corrected chi connectivity index (χ2v) is 5.56. The maximum Gasteiger partial charge on any atom is 0.204 e. The van der Waals surface area contributed by atoms with E-state index in [1.165, 1.54) is 0 Å². The van der Waals surface area contributed by atoms with Gasteiger partial charge in [0.1, 0.15) is 11.2 Å². The summed E-state index contributed by atoms with van der Waals surface area (Å²) in [4.78, 5) is 4.68. The van der Waals surface area contributed by atoms with Gasteiger partial charge in [0.15, 0.2) is 5.82 Å². The molecule has 0 aliphatic heterocycles. The number of para-hydroxylation sites is 1. The highest BCUT2D eigenvalue weighted by Crippen LogP contribution is 2.22. The molecule has 0 aliphatic carbocycles. The van der Waals surface area contributed by atoms with Crippen LogP contribution in [-0.4, -0.2) is 25.0 Å². The summed E-state index contributed by atoms with van der Waals surface area (Å²) in [6, 6.07) is 19.7. The number of fused-ring (bicyclic) bond motifs is 1. The van der Waals surface area contributed by atoms with Crippen LogP contribution < -0.4 is 0 Å². The lowest BCUT2D eigenvalue weighted by atomic mass is 10.2. The summed E-state index contributed by atoms with van der Waals surface area (Å²) in [5.74, 6) is 0.605. The van der Waals surface area contributed by atoms with Crippen LogP contribution in [-0.2, 0) is 5.33 Å². The first kappa shape index (κ1) is 14.0. The molecule has 0 aliphatic rings. The number of alkyl halides is 1. The monoisotopic (exact) mass is 365 g/mol. The highest BCUT2D eigenvalue weighted by molar-refractivity contribution is 9.08. The second-order valence-electron chi connectivity index (χ2n) is 5.00. The molecule has 0 fully saturated rings. The van der Waals surface area contributed by atoms with Crippen molar-refractivity contribution in [1.29, 1.82) is 0 Å². The molecule has 0 unspecified atom stereocenters. The normalized spacial score (nSPS) is 11.0. The predicted octanol–water partition coefficient (Wildman–Crippen LogP) is 3.77. The number of hydrogen-bond donors (Lipinski definition) is 0. The highest BCUT2D eigenvalue weighted by atomic mass is 79.9. The topological polar surface area (TPSA) is 56.5 Å². The summed E-state index contributed by atoms with van der Waals surface area (Å²) < 4.78 is 1.78. The molecular weight excluding hydrogens is 354 g/mol. The van der Waals surface area contributed by atoms with Crippen LogP contribution in [0.1, 0.15) is 5.69 Å². The van der Waals surface area contributed by atoms with Gasteiger partial charge >= 0.3 is 0 Å². The van der Waals surface area contributed by atoms with Gasteiger partial charge in [-0.2, -0.15) is 5.10 Å². The van der Waals surface area contributed by atoms with Gasteiger partial charge < -0.3 is 0 Å². The molecule has 112 valence electrons. The molecule has 0 amide bonds. The Kier molecular flexibility index (Phi) is 3.59. The van der Waals surface area contributed by atoms with Crippen LogP contribution in [0.15, 0.2) is 60.7 Å². The molecule has 0 N–H and O–H groups in total. The standard InChI is InChI=1S/C17H12BrN5/c18-11-14-15-17(23(22-14)13-9-5-2-6-10-13)21-20-16(19-15)12-7-3-1-4-8-12/h1-10H,11H2. The molecule has 4 rings (SSSR count). The lowest BCUT2D eigenvalue weighted by Gasteiger charge is -2.02. The molecule has 0 bridgehead atoms. The molecule has 2 aromatic heterocycles. The number of hydrogen-bond acceptors (Lipinski definition) is 4. The van der Waals surface area contributed by atoms with Crippen molar-refractivity contribution in [2.24, 2.45) is 0 Å². The molecule has 6 heteroatoms. The number of aromatic nitrogens is 5. The number of rotatable bonds is 3. The van der Waals surface area contributed by atoms with Crippen molar-refractivity contribution < 1.29 is 0 Å². The zero-order valence-electron chi connectivity index (χ0n) is 12.1. The van der Waals surface area contributed by atoms with Gasteiger partial charge in [0.2, 0.25) is 5.65 Å². The molecule has 4 aromatic rings. The smallest absolute Gasteiger partial charge is 0.204 e. The molecule has 23 heavy (non-hydrogen) atoms. The molecule has 0 spiro atoms. The van der Waals surface area contributed by atoms with E-state index in [-0.39, 0.29) is 0 Å². The Morgan fingerprint density at radius 2 is 1.57 bits per heavy atom. The predicted molar refractivity (Wildman–Crippen MR) is 92.5 cm³/mol. The Morgan fingerprint density at radius 3 is 2.26 bits per heavy atom. The lowest BCUT2D eigenvalue weighted by Crippen LogP contribution is -2.00. The van der Waals surface area contributed by atoms with E-state index in [2.05, 4.69) is 36.2 Å². The van der Waals surface area contributed by atoms with E-state index in [1.54, 1.807) is 4.68 Å². The van der Waals surface area contributed by atoms with Crippen LogP contribution in [0.2, 0.25) is 0 Å². The summed E-state index contributed by atoms with van der Waals surface area (Å²) in [5.41, 5.74) is 4.14. The van der Waals surface area contributed by atoms with Crippen molar-refractivity contribution in [1.82, 2.24) is 25.0 Å². The average molecular weight is 366 g/mol. The van der Waals surface area contributed by atoms with Crippen LogP contribution in [0, 0.1) is 0 Å².